The molecule has 76 valence electrons. The van der Waals surface area contributed by atoms with Gasteiger partial charge in [-0.3, -0.25) is 0 Å². The Morgan fingerprint density at radius 1 is 1.12 bits per heavy atom. The van der Waals surface area contributed by atoms with E-state index in [2.05, 4.69) is 39.6 Å². The van der Waals surface area contributed by atoms with Crippen molar-refractivity contribution in [2.24, 2.45) is 0 Å². The van der Waals surface area contributed by atoms with Crippen LogP contribution >= 0.6 is 11.3 Å². The molecule has 1 N–H and O–H groups in total. The van der Waals surface area contributed by atoms with Gasteiger partial charge in [-0.15, -0.1) is 11.3 Å². The van der Waals surface area contributed by atoms with E-state index in [9.17, 15) is 0 Å². The summed E-state index contributed by atoms with van der Waals surface area (Å²) in [6, 6.07) is 10.7. The number of rotatable bonds is 0. The van der Waals surface area contributed by atoms with Gasteiger partial charge in [-0.1, -0.05) is 0 Å². The van der Waals surface area contributed by atoms with Crippen molar-refractivity contribution in [3.05, 3.63) is 41.9 Å². The van der Waals surface area contributed by atoms with E-state index in [0.717, 1.165) is 5.65 Å². The molecule has 0 aliphatic carbocycles. The van der Waals surface area contributed by atoms with Gasteiger partial charge < -0.3 is 4.98 Å². The topological polar surface area (TPSA) is 28.7 Å². The first-order valence-corrected chi connectivity index (χ1v) is 6.03. The molecule has 2 nitrogen and oxygen atoms in total. The lowest BCUT2D eigenvalue weighted by molar-refractivity contribution is 1.35. The van der Waals surface area contributed by atoms with Crippen molar-refractivity contribution < 1.29 is 0 Å². The third kappa shape index (κ3) is 0.981. The summed E-state index contributed by atoms with van der Waals surface area (Å²) >= 11 is 1.77. The lowest BCUT2D eigenvalue weighted by Gasteiger charge is -1.91. The van der Waals surface area contributed by atoms with E-state index < -0.39 is 0 Å². The van der Waals surface area contributed by atoms with E-state index in [-0.39, 0.29) is 0 Å². The van der Waals surface area contributed by atoms with Crippen LogP contribution in [0.1, 0.15) is 0 Å². The molecule has 1 aromatic carbocycles. The highest BCUT2D eigenvalue weighted by atomic mass is 32.1. The van der Waals surface area contributed by atoms with E-state index in [0.29, 0.717) is 0 Å². The molecule has 0 unspecified atom stereocenters. The minimum atomic E-state index is 0.968. The maximum Gasteiger partial charge on any atom is 0.138 e. The fourth-order valence-corrected chi connectivity index (χ4v) is 3.00. The maximum absolute atomic E-state index is 4.34. The van der Waals surface area contributed by atoms with Crippen LogP contribution in [0.15, 0.2) is 41.9 Å². The Labute approximate surface area is 95.5 Å². The molecule has 0 saturated heterocycles. The Balaban J connectivity index is 2.32. The average molecular weight is 224 g/mol. The lowest BCUT2D eigenvalue weighted by atomic mass is 10.1. The predicted molar refractivity (Wildman–Crippen MR) is 69.0 cm³/mol. The number of nitrogens with one attached hydrogen (secondary N) is 1. The molecule has 0 aliphatic rings. The largest absolute Gasteiger partial charge is 0.339 e. The highest BCUT2D eigenvalue weighted by molar-refractivity contribution is 7.17. The zero-order chi connectivity index (χ0) is 10.5. The zero-order valence-electron chi connectivity index (χ0n) is 8.40. The van der Waals surface area contributed by atoms with Gasteiger partial charge in [0.15, 0.2) is 0 Å². The van der Waals surface area contributed by atoms with E-state index in [1.807, 2.05) is 12.3 Å². The standard InChI is InChI=1S/C13H8N2S/c1-2-9-10-6-8-3-5-16-12(8)7-11(10)15-13(9)14-4-1/h1-7H,(H,14,15). The zero-order valence-corrected chi connectivity index (χ0v) is 9.21. The summed E-state index contributed by atoms with van der Waals surface area (Å²) < 4.78 is 1.32. The molecule has 0 amide bonds. The van der Waals surface area contributed by atoms with Crippen LogP contribution in [0.3, 0.4) is 0 Å². The van der Waals surface area contributed by atoms with Gasteiger partial charge in [-0.05, 0) is 41.1 Å². The number of benzene rings is 1. The molecule has 0 atom stereocenters. The summed E-state index contributed by atoms with van der Waals surface area (Å²) in [6.07, 6.45) is 1.82. The molecule has 0 bridgehead atoms. The van der Waals surface area contributed by atoms with Crippen LogP contribution in [0.2, 0.25) is 0 Å². The van der Waals surface area contributed by atoms with Crippen LogP contribution in [0.4, 0.5) is 0 Å². The number of nitrogens with zero attached hydrogens (tertiary/aromatic N) is 1. The Hall–Kier alpha value is -1.87. The highest BCUT2D eigenvalue weighted by Gasteiger charge is 2.06. The van der Waals surface area contributed by atoms with Crippen molar-refractivity contribution in [2.75, 3.05) is 0 Å². The van der Waals surface area contributed by atoms with Gasteiger partial charge in [0.25, 0.3) is 0 Å². The molecule has 0 saturated carbocycles. The van der Waals surface area contributed by atoms with Crippen LogP contribution in [0, 0.1) is 0 Å². The van der Waals surface area contributed by atoms with Gasteiger partial charge in [0.1, 0.15) is 5.65 Å². The second-order valence-electron chi connectivity index (χ2n) is 3.88. The summed E-state index contributed by atoms with van der Waals surface area (Å²) in [5, 5.41) is 5.89. The van der Waals surface area contributed by atoms with Crippen LogP contribution < -0.4 is 0 Å². The predicted octanol–water partition coefficient (Wildman–Crippen LogP) is 3.93. The highest BCUT2D eigenvalue weighted by Crippen LogP contribution is 2.30. The second-order valence-corrected chi connectivity index (χ2v) is 4.83. The molecule has 3 aromatic heterocycles. The second kappa shape index (κ2) is 2.83. The lowest BCUT2D eigenvalue weighted by Crippen LogP contribution is -1.71. The van der Waals surface area contributed by atoms with Crippen LogP contribution in [0.5, 0.6) is 0 Å². The van der Waals surface area contributed by atoms with E-state index in [4.69, 9.17) is 0 Å². The van der Waals surface area contributed by atoms with Crippen LogP contribution in [-0.2, 0) is 0 Å². The summed E-state index contributed by atoms with van der Waals surface area (Å²) in [6.45, 7) is 0. The number of aromatic nitrogens is 2. The van der Waals surface area contributed by atoms with Gasteiger partial charge in [0, 0.05) is 27.2 Å². The summed E-state index contributed by atoms with van der Waals surface area (Å²) in [7, 11) is 0. The Morgan fingerprint density at radius 3 is 3.12 bits per heavy atom. The molecule has 3 heterocycles. The molecular formula is C13H8N2S. The smallest absolute Gasteiger partial charge is 0.138 e. The fourth-order valence-electron chi connectivity index (χ4n) is 2.19. The monoisotopic (exact) mass is 224 g/mol. The molecule has 0 spiro atoms. The third-order valence-corrected chi connectivity index (χ3v) is 3.82. The first-order valence-electron chi connectivity index (χ1n) is 5.15. The summed E-state index contributed by atoms with van der Waals surface area (Å²) in [5.74, 6) is 0. The number of thiophene rings is 1. The summed E-state index contributed by atoms with van der Waals surface area (Å²) in [5.41, 5.74) is 2.14. The van der Waals surface area contributed by atoms with Crippen molar-refractivity contribution in [3.8, 4) is 0 Å². The molecule has 4 rings (SSSR count). The van der Waals surface area contributed by atoms with Crippen molar-refractivity contribution in [1.29, 1.82) is 0 Å². The number of fused-ring (bicyclic) bond motifs is 4. The van der Waals surface area contributed by atoms with E-state index >= 15 is 0 Å². The Morgan fingerprint density at radius 2 is 2.12 bits per heavy atom. The van der Waals surface area contributed by atoms with Crippen molar-refractivity contribution in [3.63, 3.8) is 0 Å². The van der Waals surface area contributed by atoms with Crippen molar-refractivity contribution in [1.82, 2.24) is 9.97 Å². The Kier molecular flexibility index (Phi) is 1.47. The van der Waals surface area contributed by atoms with E-state index in [1.165, 1.54) is 26.4 Å². The number of aromatic amines is 1. The van der Waals surface area contributed by atoms with Crippen LogP contribution in [-0.4, -0.2) is 9.97 Å². The fraction of sp³-hybridized carbons (Fsp3) is 0. The van der Waals surface area contributed by atoms with Gasteiger partial charge in [0.2, 0.25) is 0 Å². The maximum atomic E-state index is 4.34. The molecular weight excluding hydrogens is 216 g/mol. The summed E-state index contributed by atoms with van der Waals surface area (Å²) in [4.78, 5) is 7.70. The molecule has 4 aromatic rings. The Bertz CT molecular complexity index is 810. The van der Waals surface area contributed by atoms with Gasteiger partial charge in [-0.2, -0.15) is 0 Å². The first-order chi connectivity index (χ1) is 7.92. The number of hydrogen-bond donors (Lipinski definition) is 1. The number of pyridine rings is 1. The number of H-pyrrole nitrogens is 1. The number of hydrogen-bond acceptors (Lipinski definition) is 2. The van der Waals surface area contributed by atoms with Gasteiger partial charge >= 0.3 is 0 Å². The minimum absolute atomic E-state index is 0.968. The van der Waals surface area contributed by atoms with Gasteiger partial charge in [-0.25, -0.2) is 4.98 Å². The average Bonchev–Trinajstić information content (AvgIpc) is 2.88. The SMILES string of the molecule is c1cnc2[nH]c3cc4sccc4cc3c2c1. The van der Waals surface area contributed by atoms with Crippen LogP contribution in [0.25, 0.3) is 32.0 Å². The molecule has 0 radical (unpaired) electrons. The molecule has 0 aliphatic heterocycles. The molecule has 3 heteroatoms. The normalized spacial score (nSPS) is 11.8. The first kappa shape index (κ1) is 8.30. The molecule has 16 heavy (non-hydrogen) atoms. The van der Waals surface area contributed by atoms with Crippen molar-refractivity contribution >= 4 is 43.4 Å². The third-order valence-electron chi connectivity index (χ3n) is 2.94. The van der Waals surface area contributed by atoms with E-state index in [1.54, 1.807) is 11.3 Å². The minimum Gasteiger partial charge on any atom is -0.339 e. The molecule has 0 fully saturated rings. The quantitative estimate of drug-likeness (QED) is 0.481. The van der Waals surface area contributed by atoms with Gasteiger partial charge in [0.05, 0.1) is 0 Å². The van der Waals surface area contributed by atoms with Crippen molar-refractivity contribution in [2.45, 2.75) is 0 Å².